The fraction of sp³-hybridized carbons (Fsp3) is 0.0909. The first kappa shape index (κ1) is 22.5. The number of hydrogen-bond acceptors (Lipinski definition) is 3. The molecule has 0 aliphatic heterocycles. The molecule has 3 rings (SSSR count). The van der Waals surface area contributed by atoms with Crippen molar-refractivity contribution in [1.29, 1.82) is 0 Å². The summed E-state index contributed by atoms with van der Waals surface area (Å²) in [5, 5.41) is 4.96. The molecule has 154 valence electrons. The summed E-state index contributed by atoms with van der Waals surface area (Å²) in [6.45, 7) is 0.361. The Bertz CT molecular complexity index is 1080. The molecule has 0 unspecified atom stereocenters. The van der Waals surface area contributed by atoms with Gasteiger partial charge in [-0.1, -0.05) is 41.4 Å². The summed E-state index contributed by atoms with van der Waals surface area (Å²) in [7, 11) is 0. The molecule has 8 heteroatoms. The van der Waals surface area contributed by atoms with Crippen molar-refractivity contribution < 1.29 is 13.9 Å². The van der Waals surface area contributed by atoms with Crippen LogP contribution in [0.25, 0.3) is 0 Å². The van der Waals surface area contributed by atoms with Crippen molar-refractivity contribution in [2.75, 3.05) is 0 Å². The highest BCUT2D eigenvalue weighted by molar-refractivity contribution is 14.1. The predicted molar refractivity (Wildman–Crippen MR) is 126 cm³/mol. The van der Waals surface area contributed by atoms with Crippen LogP contribution in [0.4, 0.5) is 4.39 Å². The van der Waals surface area contributed by atoms with E-state index in [1.165, 1.54) is 12.1 Å². The lowest BCUT2D eigenvalue weighted by Crippen LogP contribution is -2.19. The Balaban J connectivity index is 1.53. The maximum absolute atomic E-state index is 12.9. The second kappa shape index (κ2) is 10.7. The molecule has 0 atom stereocenters. The smallest absolute Gasteiger partial charge is 0.244 e. The number of nitrogens with zero attached hydrogens (tertiary/aromatic N) is 1. The molecule has 30 heavy (non-hydrogen) atoms. The van der Waals surface area contributed by atoms with Gasteiger partial charge in [-0.2, -0.15) is 5.10 Å². The zero-order valence-corrected chi connectivity index (χ0v) is 19.2. The van der Waals surface area contributed by atoms with Crippen LogP contribution in [0.3, 0.4) is 0 Å². The Labute approximate surface area is 197 Å². The largest absolute Gasteiger partial charge is 0.488 e. The van der Waals surface area contributed by atoms with E-state index in [9.17, 15) is 9.18 Å². The molecule has 0 saturated carbocycles. The first-order valence-electron chi connectivity index (χ1n) is 8.83. The molecule has 1 amide bonds. The van der Waals surface area contributed by atoms with Gasteiger partial charge in [0.05, 0.1) is 26.3 Å². The van der Waals surface area contributed by atoms with E-state index in [4.69, 9.17) is 27.9 Å². The first-order valence-corrected chi connectivity index (χ1v) is 10.7. The third-order valence-electron chi connectivity index (χ3n) is 4.02. The molecule has 0 fully saturated rings. The van der Waals surface area contributed by atoms with Crippen molar-refractivity contribution in [2.45, 2.75) is 13.0 Å². The molecule has 0 heterocycles. The minimum atomic E-state index is -0.337. The van der Waals surface area contributed by atoms with Crippen molar-refractivity contribution in [2.24, 2.45) is 5.10 Å². The lowest BCUT2D eigenvalue weighted by Gasteiger charge is -2.09. The Morgan fingerprint density at radius 3 is 2.47 bits per heavy atom. The van der Waals surface area contributed by atoms with Crippen molar-refractivity contribution in [3.05, 3.63) is 96.8 Å². The molecule has 3 aromatic carbocycles. The van der Waals surface area contributed by atoms with Crippen molar-refractivity contribution >= 4 is 57.9 Å². The van der Waals surface area contributed by atoms with Crippen LogP contribution in [0.15, 0.2) is 65.8 Å². The van der Waals surface area contributed by atoms with Gasteiger partial charge in [-0.3, -0.25) is 4.79 Å². The zero-order chi connectivity index (χ0) is 21.5. The summed E-state index contributed by atoms with van der Waals surface area (Å²) in [6.07, 6.45) is 1.67. The molecule has 0 saturated heterocycles. The Kier molecular flexibility index (Phi) is 8.07. The normalized spacial score (nSPS) is 10.9. The van der Waals surface area contributed by atoms with Crippen LogP contribution in [0.5, 0.6) is 5.75 Å². The zero-order valence-electron chi connectivity index (χ0n) is 15.5. The average molecular weight is 557 g/mol. The van der Waals surface area contributed by atoms with E-state index in [0.29, 0.717) is 22.2 Å². The minimum Gasteiger partial charge on any atom is -0.488 e. The predicted octanol–water partition coefficient (Wildman–Crippen LogP) is 6.01. The highest BCUT2D eigenvalue weighted by atomic mass is 127. The number of rotatable bonds is 7. The van der Waals surface area contributed by atoms with Gasteiger partial charge in [0.25, 0.3) is 0 Å². The topological polar surface area (TPSA) is 50.7 Å². The van der Waals surface area contributed by atoms with Crippen molar-refractivity contribution in [3.8, 4) is 5.75 Å². The van der Waals surface area contributed by atoms with Gasteiger partial charge in [-0.05, 0) is 81.7 Å². The van der Waals surface area contributed by atoms with Crippen LogP contribution >= 0.6 is 45.8 Å². The van der Waals surface area contributed by atoms with E-state index in [-0.39, 0.29) is 18.1 Å². The highest BCUT2D eigenvalue weighted by Crippen LogP contribution is 2.25. The van der Waals surface area contributed by atoms with Crippen molar-refractivity contribution in [1.82, 2.24) is 5.43 Å². The van der Waals surface area contributed by atoms with Crippen molar-refractivity contribution in [3.63, 3.8) is 0 Å². The Hall–Kier alpha value is -2.16. The van der Waals surface area contributed by atoms with Gasteiger partial charge in [-0.15, -0.1) is 0 Å². The number of carbonyl (C=O) groups excluding carboxylic acids is 1. The summed E-state index contributed by atoms with van der Waals surface area (Å²) in [5.41, 5.74) is 4.90. The summed E-state index contributed by atoms with van der Waals surface area (Å²) in [5.74, 6) is 0.101. The Morgan fingerprint density at radius 1 is 1.03 bits per heavy atom. The summed E-state index contributed by atoms with van der Waals surface area (Å²) in [4.78, 5) is 11.9. The highest BCUT2D eigenvalue weighted by Gasteiger charge is 2.05. The van der Waals surface area contributed by atoms with E-state index < -0.39 is 0 Å². The average Bonchev–Trinajstić information content (AvgIpc) is 2.71. The van der Waals surface area contributed by atoms with Crippen LogP contribution in [0.2, 0.25) is 10.0 Å². The number of hydrogen-bond donors (Lipinski definition) is 1. The number of benzene rings is 3. The maximum atomic E-state index is 12.9. The van der Waals surface area contributed by atoms with Crippen LogP contribution in [0, 0.1) is 9.39 Å². The number of nitrogens with one attached hydrogen (secondary N) is 1. The monoisotopic (exact) mass is 556 g/mol. The van der Waals surface area contributed by atoms with E-state index in [0.717, 1.165) is 20.4 Å². The number of carbonyl (C=O) groups is 1. The van der Waals surface area contributed by atoms with Gasteiger partial charge in [0, 0.05) is 0 Å². The van der Waals surface area contributed by atoms with Gasteiger partial charge >= 0.3 is 0 Å². The van der Waals surface area contributed by atoms with E-state index in [1.54, 1.807) is 30.5 Å². The van der Waals surface area contributed by atoms with E-state index in [2.05, 4.69) is 33.1 Å². The van der Waals surface area contributed by atoms with Crippen LogP contribution in [0.1, 0.15) is 16.7 Å². The van der Waals surface area contributed by atoms with E-state index >= 15 is 0 Å². The molecular weight excluding hydrogens is 541 g/mol. The number of halogens is 4. The quantitative estimate of drug-likeness (QED) is 0.220. The summed E-state index contributed by atoms with van der Waals surface area (Å²) < 4.78 is 19.6. The second-order valence-electron chi connectivity index (χ2n) is 6.32. The SMILES string of the molecule is O=C(Cc1ccc(F)cc1)N/N=C/c1ccc(OCc2ccc(Cl)c(Cl)c2)c(I)c1. The first-order chi connectivity index (χ1) is 14.4. The molecule has 0 spiro atoms. The van der Waals surface area contributed by atoms with E-state index in [1.807, 2.05) is 24.3 Å². The van der Waals surface area contributed by atoms with Gasteiger partial charge in [0.1, 0.15) is 18.2 Å². The fourth-order valence-corrected chi connectivity index (χ4v) is 3.53. The molecule has 1 N–H and O–H groups in total. The fourth-order valence-electron chi connectivity index (χ4n) is 2.51. The lowest BCUT2D eigenvalue weighted by atomic mass is 10.1. The molecule has 0 aromatic heterocycles. The minimum absolute atomic E-state index is 0.122. The molecule has 0 aliphatic rings. The van der Waals surface area contributed by atoms with Crippen LogP contribution in [-0.4, -0.2) is 12.1 Å². The lowest BCUT2D eigenvalue weighted by molar-refractivity contribution is -0.120. The molecule has 4 nitrogen and oxygen atoms in total. The summed E-state index contributed by atoms with van der Waals surface area (Å²) in [6, 6.07) is 16.7. The third kappa shape index (κ3) is 6.68. The number of amides is 1. The summed E-state index contributed by atoms with van der Waals surface area (Å²) >= 11 is 14.1. The molecule has 3 aromatic rings. The molecule has 0 aliphatic carbocycles. The molecule has 0 bridgehead atoms. The number of ether oxygens (including phenoxy) is 1. The molecule has 0 radical (unpaired) electrons. The Morgan fingerprint density at radius 2 is 1.77 bits per heavy atom. The van der Waals surface area contributed by atoms with Crippen LogP contribution < -0.4 is 10.2 Å². The van der Waals surface area contributed by atoms with Gasteiger partial charge < -0.3 is 4.74 Å². The van der Waals surface area contributed by atoms with Gasteiger partial charge in [0.2, 0.25) is 5.91 Å². The molecular formula is C22H16Cl2FIN2O2. The second-order valence-corrected chi connectivity index (χ2v) is 8.30. The van der Waals surface area contributed by atoms with Gasteiger partial charge in [0.15, 0.2) is 0 Å². The maximum Gasteiger partial charge on any atom is 0.244 e. The standard InChI is InChI=1S/C22H16Cl2FIN2O2/c23-18-7-3-16(9-19(18)24)13-30-21-8-4-15(10-20(21)26)12-27-28-22(29)11-14-1-5-17(25)6-2-14/h1-10,12H,11,13H2,(H,28,29)/b27-12+. The van der Waals surface area contributed by atoms with Gasteiger partial charge in [-0.25, -0.2) is 9.82 Å². The third-order valence-corrected chi connectivity index (χ3v) is 5.60. The van der Waals surface area contributed by atoms with Crippen LogP contribution in [-0.2, 0) is 17.8 Å². The number of hydrazone groups is 1.